The lowest BCUT2D eigenvalue weighted by molar-refractivity contribution is -0.385. The quantitative estimate of drug-likeness (QED) is 0.558. The predicted molar refractivity (Wildman–Crippen MR) is 69.2 cm³/mol. The molecule has 0 radical (unpaired) electrons. The molecule has 0 spiro atoms. The van der Waals surface area contributed by atoms with Crippen molar-refractivity contribution in [2.75, 3.05) is 26.2 Å². The summed E-state index contributed by atoms with van der Waals surface area (Å²) >= 11 is 0. The van der Waals surface area contributed by atoms with Gasteiger partial charge in [0.25, 0.3) is 0 Å². The summed E-state index contributed by atoms with van der Waals surface area (Å²) in [5.41, 5.74) is -0.858. The molecule has 1 amide bonds. The second-order valence-corrected chi connectivity index (χ2v) is 4.43. The zero-order valence-corrected chi connectivity index (χ0v) is 10.8. The Morgan fingerprint density at radius 1 is 1.45 bits per heavy atom. The molecule has 1 aromatic rings. The van der Waals surface area contributed by atoms with E-state index in [0.29, 0.717) is 13.1 Å². The molecule has 2 heterocycles. The fourth-order valence-electron chi connectivity index (χ4n) is 1.99. The average Bonchev–Trinajstić information content (AvgIpc) is 2.46. The Bertz CT molecular complexity index is 564. The van der Waals surface area contributed by atoms with Gasteiger partial charge in [-0.1, -0.05) is 0 Å². The molecule has 1 saturated heterocycles. The molecule has 0 aliphatic carbocycles. The number of hydrogen-bond donors (Lipinski definition) is 1. The molecule has 0 aromatic carbocycles. The van der Waals surface area contributed by atoms with Gasteiger partial charge in [0.2, 0.25) is 5.91 Å². The molecule has 0 atom stereocenters. The first-order valence-electron chi connectivity index (χ1n) is 6.27. The van der Waals surface area contributed by atoms with Crippen LogP contribution in [0.5, 0.6) is 0 Å². The van der Waals surface area contributed by atoms with Crippen LogP contribution in [-0.2, 0) is 11.3 Å². The minimum absolute atomic E-state index is 0.0649. The Morgan fingerprint density at radius 2 is 2.15 bits per heavy atom. The number of amides is 1. The number of piperazine rings is 1. The Balaban J connectivity index is 1.99. The molecule has 1 aliphatic rings. The summed E-state index contributed by atoms with van der Waals surface area (Å²) < 4.78 is 1.10. The number of carbonyl (C=O) groups excluding carboxylic acids is 1. The van der Waals surface area contributed by atoms with Crippen molar-refractivity contribution in [2.24, 2.45) is 0 Å². The van der Waals surface area contributed by atoms with E-state index in [9.17, 15) is 19.7 Å². The van der Waals surface area contributed by atoms with Crippen LogP contribution in [-0.4, -0.2) is 51.5 Å². The Kier molecular flexibility index (Phi) is 4.41. The fraction of sp³-hybridized carbons (Fsp3) is 0.545. The molecule has 1 N–H and O–H groups in total. The maximum absolute atomic E-state index is 11.9. The van der Waals surface area contributed by atoms with E-state index >= 15 is 0 Å². The Hall–Kier alpha value is -2.29. The minimum Gasteiger partial charge on any atom is -0.340 e. The Morgan fingerprint density at radius 3 is 2.80 bits per heavy atom. The number of nitro groups is 1. The summed E-state index contributed by atoms with van der Waals surface area (Å²) in [6, 6.07) is 0. The third kappa shape index (κ3) is 3.38. The van der Waals surface area contributed by atoms with Crippen LogP contribution in [0.1, 0.15) is 6.42 Å². The number of hydrogen-bond acceptors (Lipinski definition) is 6. The summed E-state index contributed by atoms with van der Waals surface area (Å²) in [4.78, 5) is 38.5. The smallest absolute Gasteiger partial charge is 0.340 e. The van der Waals surface area contributed by atoms with Gasteiger partial charge in [-0.25, -0.2) is 4.79 Å². The Labute approximate surface area is 114 Å². The van der Waals surface area contributed by atoms with Gasteiger partial charge in [0.1, 0.15) is 6.20 Å². The van der Waals surface area contributed by atoms with Crippen LogP contribution >= 0.6 is 0 Å². The van der Waals surface area contributed by atoms with Crippen molar-refractivity contribution in [2.45, 2.75) is 13.0 Å². The number of aryl methyl sites for hydroxylation is 1. The van der Waals surface area contributed by atoms with Crippen molar-refractivity contribution in [1.29, 1.82) is 0 Å². The lowest BCUT2D eigenvalue weighted by Crippen LogP contribution is -2.46. The van der Waals surface area contributed by atoms with Gasteiger partial charge >= 0.3 is 11.4 Å². The zero-order valence-electron chi connectivity index (χ0n) is 10.8. The third-order valence-corrected chi connectivity index (χ3v) is 3.09. The molecule has 2 rings (SSSR count). The topological polar surface area (TPSA) is 110 Å². The zero-order chi connectivity index (χ0) is 14.5. The number of nitrogens with zero attached hydrogens (tertiary/aromatic N) is 4. The minimum atomic E-state index is -0.624. The average molecular weight is 281 g/mol. The van der Waals surface area contributed by atoms with Crippen molar-refractivity contribution < 1.29 is 9.72 Å². The molecule has 0 saturated carbocycles. The van der Waals surface area contributed by atoms with Crippen LogP contribution in [0.3, 0.4) is 0 Å². The molecule has 20 heavy (non-hydrogen) atoms. The molecule has 1 aliphatic heterocycles. The van der Waals surface area contributed by atoms with Crippen LogP contribution in [0.4, 0.5) is 5.69 Å². The monoisotopic (exact) mass is 281 g/mol. The first kappa shape index (κ1) is 14.1. The highest BCUT2D eigenvalue weighted by molar-refractivity contribution is 5.76. The molecule has 9 heteroatoms. The number of rotatable bonds is 4. The first-order valence-corrected chi connectivity index (χ1v) is 6.27. The van der Waals surface area contributed by atoms with E-state index in [1.165, 1.54) is 0 Å². The summed E-state index contributed by atoms with van der Waals surface area (Å²) in [7, 11) is 0. The predicted octanol–water partition coefficient (Wildman–Crippen LogP) is -1.03. The SMILES string of the molecule is O=C(CCn1cc([N+](=O)[O-])cnc1=O)N1CCNCC1. The second-order valence-electron chi connectivity index (χ2n) is 4.43. The van der Waals surface area contributed by atoms with Gasteiger partial charge in [0.05, 0.1) is 11.1 Å². The lowest BCUT2D eigenvalue weighted by Gasteiger charge is -2.27. The van der Waals surface area contributed by atoms with Gasteiger partial charge in [-0.05, 0) is 0 Å². The summed E-state index contributed by atoms with van der Waals surface area (Å²) in [6.07, 6.45) is 2.15. The van der Waals surface area contributed by atoms with Crippen molar-refractivity contribution in [3.8, 4) is 0 Å². The van der Waals surface area contributed by atoms with E-state index in [-0.39, 0.29) is 24.6 Å². The van der Waals surface area contributed by atoms with E-state index in [1.54, 1.807) is 4.90 Å². The van der Waals surface area contributed by atoms with Gasteiger partial charge in [0, 0.05) is 39.1 Å². The van der Waals surface area contributed by atoms with Gasteiger partial charge in [-0.15, -0.1) is 0 Å². The van der Waals surface area contributed by atoms with Crippen molar-refractivity contribution in [1.82, 2.24) is 19.8 Å². The maximum Gasteiger partial charge on any atom is 0.347 e. The van der Waals surface area contributed by atoms with Gasteiger partial charge in [0.15, 0.2) is 0 Å². The molecule has 1 aromatic heterocycles. The van der Waals surface area contributed by atoms with Gasteiger partial charge in [-0.2, -0.15) is 4.98 Å². The normalized spacial score (nSPS) is 15.1. The molecule has 108 valence electrons. The molecule has 1 fully saturated rings. The standard InChI is InChI=1S/C11H15N5O4/c17-10(14-5-2-12-3-6-14)1-4-15-8-9(16(19)20)7-13-11(15)18/h7-8,12H,1-6H2. The molecule has 0 bridgehead atoms. The van der Waals surface area contributed by atoms with Crippen LogP contribution in [0.2, 0.25) is 0 Å². The van der Waals surface area contributed by atoms with Crippen LogP contribution in [0, 0.1) is 10.1 Å². The number of aromatic nitrogens is 2. The van der Waals surface area contributed by atoms with Crippen LogP contribution < -0.4 is 11.0 Å². The van der Waals surface area contributed by atoms with E-state index in [0.717, 1.165) is 30.1 Å². The van der Waals surface area contributed by atoms with Gasteiger partial charge in [-0.3, -0.25) is 19.5 Å². The van der Waals surface area contributed by atoms with E-state index < -0.39 is 10.6 Å². The number of carbonyl (C=O) groups is 1. The molecular formula is C11H15N5O4. The van der Waals surface area contributed by atoms with Crippen molar-refractivity contribution >= 4 is 11.6 Å². The van der Waals surface area contributed by atoms with E-state index in [2.05, 4.69) is 10.3 Å². The maximum atomic E-state index is 11.9. The highest BCUT2D eigenvalue weighted by Crippen LogP contribution is 2.05. The second kappa shape index (κ2) is 6.24. The fourth-order valence-corrected chi connectivity index (χ4v) is 1.99. The number of nitrogens with one attached hydrogen (secondary N) is 1. The largest absolute Gasteiger partial charge is 0.347 e. The highest BCUT2D eigenvalue weighted by atomic mass is 16.6. The lowest BCUT2D eigenvalue weighted by atomic mass is 10.3. The van der Waals surface area contributed by atoms with E-state index in [1.807, 2.05) is 0 Å². The summed E-state index contributed by atoms with van der Waals surface area (Å²) in [5, 5.41) is 13.8. The summed E-state index contributed by atoms with van der Waals surface area (Å²) in [5.74, 6) is -0.0649. The first-order chi connectivity index (χ1) is 9.58. The molecular weight excluding hydrogens is 266 g/mol. The third-order valence-electron chi connectivity index (χ3n) is 3.09. The van der Waals surface area contributed by atoms with E-state index in [4.69, 9.17) is 0 Å². The summed E-state index contributed by atoms with van der Waals surface area (Å²) in [6.45, 7) is 2.88. The molecule has 0 unspecified atom stereocenters. The molecule has 9 nitrogen and oxygen atoms in total. The van der Waals surface area contributed by atoms with Crippen LogP contribution in [0.25, 0.3) is 0 Å². The van der Waals surface area contributed by atoms with Crippen molar-refractivity contribution in [3.05, 3.63) is 33.0 Å². The van der Waals surface area contributed by atoms with Crippen molar-refractivity contribution in [3.63, 3.8) is 0 Å². The van der Waals surface area contributed by atoms with Crippen LogP contribution in [0.15, 0.2) is 17.2 Å². The van der Waals surface area contributed by atoms with Gasteiger partial charge < -0.3 is 10.2 Å². The highest BCUT2D eigenvalue weighted by Gasteiger charge is 2.16.